The van der Waals surface area contributed by atoms with Gasteiger partial charge in [-0.2, -0.15) is 0 Å². The maximum Gasteiger partial charge on any atom is 0.305 e. The van der Waals surface area contributed by atoms with Crippen LogP contribution in [0.1, 0.15) is 32.6 Å². The van der Waals surface area contributed by atoms with Crippen molar-refractivity contribution in [1.82, 2.24) is 4.90 Å². The van der Waals surface area contributed by atoms with Crippen LogP contribution in [0.3, 0.4) is 0 Å². The Morgan fingerprint density at radius 3 is 2.93 bits per heavy atom. The van der Waals surface area contributed by atoms with Crippen molar-refractivity contribution >= 4 is 5.97 Å². The molecular formula is C11H21NO2. The van der Waals surface area contributed by atoms with E-state index in [0.29, 0.717) is 18.9 Å². The first-order chi connectivity index (χ1) is 6.72. The molecule has 1 saturated heterocycles. The lowest BCUT2D eigenvalue weighted by Gasteiger charge is -2.10. The Balaban J connectivity index is 2.05. The first-order valence-corrected chi connectivity index (χ1v) is 5.56. The van der Waals surface area contributed by atoms with Crippen LogP contribution in [0.25, 0.3) is 0 Å². The highest BCUT2D eigenvalue weighted by atomic mass is 16.5. The highest BCUT2D eigenvalue weighted by Crippen LogP contribution is 2.14. The summed E-state index contributed by atoms with van der Waals surface area (Å²) < 4.78 is 5.21. The topological polar surface area (TPSA) is 29.5 Å². The molecule has 0 saturated carbocycles. The van der Waals surface area contributed by atoms with E-state index in [1.165, 1.54) is 0 Å². The van der Waals surface area contributed by atoms with Crippen LogP contribution in [0.4, 0.5) is 0 Å². The van der Waals surface area contributed by atoms with E-state index in [1.54, 1.807) is 0 Å². The van der Waals surface area contributed by atoms with Gasteiger partial charge >= 0.3 is 5.97 Å². The highest BCUT2D eigenvalue weighted by Gasteiger charge is 2.20. The second-order valence-electron chi connectivity index (χ2n) is 4.20. The summed E-state index contributed by atoms with van der Waals surface area (Å²) in [6.45, 7) is 4.91. The molecule has 1 rings (SSSR count). The van der Waals surface area contributed by atoms with Gasteiger partial charge in [0.05, 0.1) is 6.61 Å². The molecule has 1 unspecified atom stereocenters. The van der Waals surface area contributed by atoms with Crippen LogP contribution in [0.15, 0.2) is 0 Å². The molecule has 0 aromatic carbocycles. The summed E-state index contributed by atoms with van der Waals surface area (Å²) in [7, 11) is 2.11. The van der Waals surface area contributed by atoms with Crippen molar-refractivity contribution in [3.05, 3.63) is 0 Å². The summed E-state index contributed by atoms with van der Waals surface area (Å²) in [6.07, 6.45) is 3.75. The molecule has 1 aliphatic rings. The Morgan fingerprint density at radius 1 is 1.57 bits per heavy atom. The first kappa shape index (κ1) is 11.5. The Kier molecular flexibility index (Phi) is 4.94. The molecule has 1 fully saturated rings. The van der Waals surface area contributed by atoms with E-state index in [9.17, 15) is 4.79 Å². The normalized spacial score (nSPS) is 22.6. The van der Waals surface area contributed by atoms with Gasteiger partial charge in [0, 0.05) is 18.9 Å². The van der Waals surface area contributed by atoms with Crippen molar-refractivity contribution in [3.8, 4) is 0 Å². The van der Waals surface area contributed by atoms with Gasteiger partial charge in [-0.3, -0.25) is 4.79 Å². The molecule has 0 amide bonds. The second-order valence-corrected chi connectivity index (χ2v) is 4.20. The zero-order valence-electron chi connectivity index (χ0n) is 9.29. The Morgan fingerprint density at radius 2 is 2.36 bits per heavy atom. The Labute approximate surface area is 86.4 Å². The van der Waals surface area contributed by atoms with Crippen LogP contribution < -0.4 is 0 Å². The third kappa shape index (κ3) is 4.09. The van der Waals surface area contributed by atoms with E-state index in [0.717, 1.165) is 32.4 Å². The number of hydrogen-bond acceptors (Lipinski definition) is 3. The van der Waals surface area contributed by atoms with Crippen LogP contribution in [0, 0.1) is 5.92 Å². The summed E-state index contributed by atoms with van der Waals surface area (Å²) in [5.41, 5.74) is 0. The van der Waals surface area contributed by atoms with Gasteiger partial charge in [0.2, 0.25) is 0 Å². The van der Waals surface area contributed by atoms with Crippen molar-refractivity contribution in [3.63, 3.8) is 0 Å². The van der Waals surface area contributed by atoms with Gasteiger partial charge < -0.3 is 9.64 Å². The number of nitrogens with zero attached hydrogens (tertiary/aromatic N) is 1. The fourth-order valence-corrected chi connectivity index (χ4v) is 1.77. The van der Waals surface area contributed by atoms with Crippen LogP contribution in [0.2, 0.25) is 0 Å². The summed E-state index contributed by atoms with van der Waals surface area (Å²) in [5, 5.41) is 0. The quantitative estimate of drug-likeness (QED) is 0.631. The summed E-state index contributed by atoms with van der Waals surface area (Å²) in [4.78, 5) is 13.5. The molecule has 0 bridgehead atoms. The minimum absolute atomic E-state index is 0.0265. The van der Waals surface area contributed by atoms with Gasteiger partial charge in [0.25, 0.3) is 0 Å². The second kappa shape index (κ2) is 6.02. The molecule has 1 aliphatic heterocycles. The average Bonchev–Trinajstić information content (AvgIpc) is 2.58. The van der Waals surface area contributed by atoms with Gasteiger partial charge in [-0.25, -0.2) is 0 Å². The molecule has 0 spiro atoms. The molecule has 3 nitrogen and oxygen atoms in total. The van der Waals surface area contributed by atoms with Crippen molar-refractivity contribution in [2.24, 2.45) is 5.92 Å². The molecule has 0 aromatic heterocycles. The van der Waals surface area contributed by atoms with E-state index in [4.69, 9.17) is 4.74 Å². The molecule has 0 N–H and O–H groups in total. The summed E-state index contributed by atoms with van der Waals surface area (Å²) >= 11 is 0. The van der Waals surface area contributed by atoms with Crippen molar-refractivity contribution in [1.29, 1.82) is 0 Å². The largest absolute Gasteiger partial charge is 0.465 e. The number of unbranched alkanes of at least 4 members (excludes halogenated alkanes) is 1. The highest BCUT2D eigenvalue weighted by molar-refractivity contribution is 5.69. The molecule has 1 heterocycles. The minimum Gasteiger partial charge on any atom is -0.465 e. The molecule has 1 atom stereocenters. The average molecular weight is 199 g/mol. The van der Waals surface area contributed by atoms with E-state index in [2.05, 4.69) is 18.9 Å². The zero-order chi connectivity index (χ0) is 10.4. The van der Waals surface area contributed by atoms with E-state index in [-0.39, 0.29) is 5.97 Å². The molecule has 14 heavy (non-hydrogen) atoms. The number of carbonyl (C=O) groups is 1. The van der Waals surface area contributed by atoms with E-state index in [1.807, 2.05) is 0 Å². The maximum atomic E-state index is 11.2. The maximum absolute atomic E-state index is 11.2. The zero-order valence-corrected chi connectivity index (χ0v) is 9.29. The number of likely N-dealkylation sites (tertiary alicyclic amines) is 1. The number of esters is 1. The van der Waals surface area contributed by atoms with Gasteiger partial charge in [0.15, 0.2) is 0 Å². The molecule has 0 radical (unpaired) electrons. The predicted molar refractivity (Wildman–Crippen MR) is 56.1 cm³/mol. The fraction of sp³-hybridized carbons (Fsp3) is 0.909. The van der Waals surface area contributed by atoms with Gasteiger partial charge in [-0.1, -0.05) is 13.3 Å². The smallest absolute Gasteiger partial charge is 0.305 e. The van der Waals surface area contributed by atoms with Gasteiger partial charge in [0.1, 0.15) is 0 Å². The molecular weight excluding hydrogens is 178 g/mol. The van der Waals surface area contributed by atoms with E-state index < -0.39 is 0 Å². The van der Waals surface area contributed by atoms with Gasteiger partial charge in [-0.15, -0.1) is 0 Å². The fourth-order valence-electron chi connectivity index (χ4n) is 1.77. The lowest BCUT2D eigenvalue weighted by molar-refractivity contribution is -0.145. The molecule has 82 valence electrons. The first-order valence-electron chi connectivity index (χ1n) is 5.56. The summed E-state index contributed by atoms with van der Waals surface area (Å²) in [5.74, 6) is 0.534. The molecule has 3 heteroatoms. The lowest BCUT2D eigenvalue weighted by atomic mass is 10.1. The number of ether oxygens (including phenoxy) is 1. The van der Waals surface area contributed by atoms with Crippen LogP contribution in [-0.4, -0.2) is 37.6 Å². The third-order valence-electron chi connectivity index (χ3n) is 2.70. The van der Waals surface area contributed by atoms with Crippen molar-refractivity contribution in [2.75, 3.05) is 26.7 Å². The third-order valence-corrected chi connectivity index (χ3v) is 2.70. The lowest BCUT2D eigenvalue weighted by Crippen LogP contribution is -2.18. The van der Waals surface area contributed by atoms with Crippen LogP contribution in [0.5, 0.6) is 0 Å². The Hall–Kier alpha value is -0.570. The van der Waals surface area contributed by atoms with Crippen LogP contribution in [-0.2, 0) is 9.53 Å². The van der Waals surface area contributed by atoms with Crippen LogP contribution >= 0.6 is 0 Å². The van der Waals surface area contributed by atoms with Crippen molar-refractivity contribution < 1.29 is 9.53 Å². The minimum atomic E-state index is -0.0265. The van der Waals surface area contributed by atoms with Crippen molar-refractivity contribution in [2.45, 2.75) is 32.6 Å². The monoisotopic (exact) mass is 199 g/mol. The Bertz CT molecular complexity index is 182. The van der Waals surface area contributed by atoms with E-state index >= 15 is 0 Å². The number of rotatable bonds is 5. The standard InChI is InChI=1S/C11H21NO2/c1-3-4-5-11(13)14-9-10-6-7-12(2)8-10/h10H,3-9H2,1-2H3. The number of carbonyl (C=O) groups excluding carboxylic acids is 1. The number of hydrogen-bond donors (Lipinski definition) is 0. The summed E-state index contributed by atoms with van der Waals surface area (Å²) in [6, 6.07) is 0. The molecule has 0 aliphatic carbocycles. The predicted octanol–water partition coefficient (Wildman–Crippen LogP) is 1.67. The molecule has 0 aromatic rings. The van der Waals surface area contributed by atoms with Gasteiger partial charge in [-0.05, 0) is 26.4 Å². The SMILES string of the molecule is CCCCC(=O)OCC1CCN(C)C1.